The van der Waals surface area contributed by atoms with Gasteiger partial charge in [-0.15, -0.1) is 11.3 Å². The highest BCUT2D eigenvalue weighted by molar-refractivity contribution is 7.11. The Hall–Kier alpha value is -1.23. The lowest BCUT2D eigenvalue weighted by molar-refractivity contribution is 0.296. The summed E-state index contributed by atoms with van der Waals surface area (Å²) in [6, 6.07) is 8.94. The third kappa shape index (κ3) is 5.23. The smallest absolute Gasteiger partial charge is 0.0897 e. The van der Waals surface area contributed by atoms with Crippen molar-refractivity contribution in [2.45, 2.75) is 40.4 Å². The molecule has 0 bridgehead atoms. The van der Waals surface area contributed by atoms with Gasteiger partial charge in [-0.3, -0.25) is 4.90 Å². The molecular weight excluding hydrogens is 278 g/mol. The van der Waals surface area contributed by atoms with Crippen molar-refractivity contribution in [1.82, 2.24) is 15.2 Å². The normalized spacial score (nSPS) is 11.2. The first kappa shape index (κ1) is 16.1. The molecule has 0 radical (unpaired) electrons. The summed E-state index contributed by atoms with van der Waals surface area (Å²) in [4.78, 5) is 8.00. The maximum Gasteiger partial charge on any atom is 0.0897 e. The van der Waals surface area contributed by atoms with Gasteiger partial charge in [-0.1, -0.05) is 38.1 Å². The summed E-state index contributed by atoms with van der Waals surface area (Å²) in [5.41, 5.74) is 2.72. The molecule has 0 aliphatic rings. The lowest BCUT2D eigenvalue weighted by Gasteiger charge is -2.18. The lowest BCUT2D eigenvalue weighted by Crippen LogP contribution is -2.22. The van der Waals surface area contributed by atoms with Crippen LogP contribution in [0.1, 0.15) is 34.9 Å². The summed E-state index contributed by atoms with van der Waals surface area (Å²) < 4.78 is 0. The molecule has 0 amide bonds. The summed E-state index contributed by atoms with van der Waals surface area (Å²) >= 11 is 1.76. The number of nitrogens with one attached hydrogen (secondary N) is 1. The largest absolute Gasteiger partial charge is 0.308 e. The zero-order valence-corrected chi connectivity index (χ0v) is 14.0. The van der Waals surface area contributed by atoms with Gasteiger partial charge in [-0.25, -0.2) is 4.98 Å². The quantitative estimate of drug-likeness (QED) is 0.808. The number of rotatable bonds is 8. The third-order valence-electron chi connectivity index (χ3n) is 3.62. The van der Waals surface area contributed by atoms with E-state index in [-0.39, 0.29) is 0 Å². The van der Waals surface area contributed by atoms with Crippen LogP contribution in [-0.4, -0.2) is 23.0 Å². The molecule has 0 unspecified atom stereocenters. The summed E-state index contributed by atoms with van der Waals surface area (Å²) in [5.74, 6) is 0. The molecule has 0 saturated carbocycles. The number of benzene rings is 1. The molecule has 1 aromatic carbocycles. The molecule has 0 spiro atoms. The Balaban J connectivity index is 1.79. The molecule has 2 aromatic rings. The second-order valence-electron chi connectivity index (χ2n) is 5.23. The van der Waals surface area contributed by atoms with E-state index in [0.717, 1.165) is 37.7 Å². The minimum absolute atomic E-state index is 0.896. The van der Waals surface area contributed by atoms with E-state index in [9.17, 15) is 0 Å². The number of thiazole rings is 1. The van der Waals surface area contributed by atoms with E-state index >= 15 is 0 Å². The van der Waals surface area contributed by atoms with Crippen LogP contribution in [0.3, 0.4) is 0 Å². The van der Waals surface area contributed by atoms with E-state index in [1.165, 1.54) is 16.0 Å². The van der Waals surface area contributed by atoms with Gasteiger partial charge in [-0.2, -0.15) is 0 Å². The van der Waals surface area contributed by atoms with E-state index in [2.05, 4.69) is 53.3 Å². The van der Waals surface area contributed by atoms with Crippen LogP contribution in [0.4, 0.5) is 0 Å². The molecule has 0 fully saturated rings. The monoisotopic (exact) mass is 303 g/mol. The number of hydrogen-bond donors (Lipinski definition) is 1. The maximum atomic E-state index is 4.27. The van der Waals surface area contributed by atoms with Crippen molar-refractivity contribution in [3.63, 3.8) is 0 Å². The van der Waals surface area contributed by atoms with Crippen LogP contribution in [0.25, 0.3) is 0 Å². The highest BCUT2D eigenvalue weighted by Crippen LogP contribution is 2.12. The highest BCUT2D eigenvalue weighted by atomic mass is 32.1. The Morgan fingerprint density at radius 2 is 1.71 bits per heavy atom. The Morgan fingerprint density at radius 3 is 2.29 bits per heavy atom. The Kier molecular flexibility index (Phi) is 6.36. The first-order chi connectivity index (χ1) is 10.2. The lowest BCUT2D eigenvalue weighted by atomic mass is 10.1. The molecule has 1 heterocycles. The number of nitrogens with zero attached hydrogens (tertiary/aromatic N) is 2. The predicted octanol–water partition coefficient (Wildman–Crippen LogP) is 3.58. The van der Waals surface area contributed by atoms with Crippen molar-refractivity contribution in [2.24, 2.45) is 0 Å². The van der Waals surface area contributed by atoms with Gasteiger partial charge in [0.2, 0.25) is 0 Å². The second kappa shape index (κ2) is 8.27. The standard InChI is InChI=1S/C17H25N3S/c1-4-20(5-2)13-16-8-6-15(7-9-16)10-18-11-17-12-19-14(3)21-17/h6-9,12,18H,4-5,10-11,13H2,1-3H3. The summed E-state index contributed by atoms with van der Waals surface area (Å²) in [6.45, 7) is 11.5. The minimum atomic E-state index is 0.896. The van der Waals surface area contributed by atoms with Gasteiger partial charge in [0.05, 0.1) is 5.01 Å². The molecule has 2 rings (SSSR count). The molecule has 114 valence electrons. The van der Waals surface area contributed by atoms with Crippen LogP contribution in [-0.2, 0) is 19.6 Å². The maximum absolute atomic E-state index is 4.27. The van der Waals surface area contributed by atoms with Gasteiger partial charge in [0.1, 0.15) is 0 Å². The molecule has 0 saturated heterocycles. The van der Waals surface area contributed by atoms with E-state index in [1.54, 1.807) is 11.3 Å². The van der Waals surface area contributed by atoms with Crippen LogP contribution in [0.5, 0.6) is 0 Å². The zero-order chi connectivity index (χ0) is 15.1. The molecule has 1 aromatic heterocycles. The van der Waals surface area contributed by atoms with E-state index in [4.69, 9.17) is 0 Å². The minimum Gasteiger partial charge on any atom is -0.308 e. The van der Waals surface area contributed by atoms with E-state index in [1.807, 2.05) is 13.1 Å². The molecule has 21 heavy (non-hydrogen) atoms. The molecule has 0 aliphatic carbocycles. The van der Waals surface area contributed by atoms with Crippen LogP contribution in [0.15, 0.2) is 30.5 Å². The number of hydrogen-bond acceptors (Lipinski definition) is 4. The van der Waals surface area contributed by atoms with Crippen LogP contribution < -0.4 is 5.32 Å². The first-order valence-corrected chi connectivity index (χ1v) is 8.45. The second-order valence-corrected chi connectivity index (χ2v) is 6.55. The molecule has 3 nitrogen and oxygen atoms in total. The van der Waals surface area contributed by atoms with Gasteiger partial charge in [0.25, 0.3) is 0 Å². The van der Waals surface area contributed by atoms with Crippen molar-refractivity contribution in [3.05, 3.63) is 51.5 Å². The fraction of sp³-hybridized carbons (Fsp3) is 0.471. The molecule has 0 aliphatic heterocycles. The number of aromatic nitrogens is 1. The van der Waals surface area contributed by atoms with E-state index < -0.39 is 0 Å². The van der Waals surface area contributed by atoms with Crippen molar-refractivity contribution >= 4 is 11.3 Å². The average molecular weight is 303 g/mol. The van der Waals surface area contributed by atoms with Gasteiger partial charge in [-0.05, 0) is 31.1 Å². The van der Waals surface area contributed by atoms with Crippen molar-refractivity contribution in [1.29, 1.82) is 0 Å². The SMILES string of the molecule is CCN(CC)Cc1ccc(CNCc2cnc(C)s2)cc1. The number of aryl methyl sites for hydroxylation is 1. The molecule has 0 atom stereocenters. The zero-order valence-electron chi connectivity index (χ0n) is 13.2. The topological polar surface area (TPSA) is 28.2 Å². The predicted molar refractivity (Wildman–Crippen MR) is 90.5 cm³/mol. The molecule has 1 N–H and O–H groups in total. The van der Waals surface area contributed by atoms with Crippen LogP contribution in [0.2, 0.25) is 0 Å². The molecular formula is C17H25N3S. The average Bonchev–Trinajstić information content (AvgIpc) is 2.92. The first-order valence-electron chi connectivity index (χ1n) is 7.63. The van der Waals surface area contributed by atoms with Crippen molar-refractivity contribution in [2.75, 3.05) is 13.1 Å². The van der Waals surface area contributed by atoms with Crippen molar-refractivity contribution < 1.29 is 0 Å². The van der Waals surface area contributed by atoms with Crippen molar-refractivity contribution in [3.8, 4) is 0 Å². The van der Waals surface area contributed by atoms with Crippen LogP contribution in [0, 0.1) is 6.92 Å². The van der Waals surface area contributed by atoms with Crippen LogP contribution >= 0.6 is 11.3 Å². The van der Waals surface area contributed by atoms with Gasteiger partial charge >= 0.3 is 0 Å². The summed E-state index contributed by atoms with van der Waals surface area (Å²) in [6.07, 6.45) is 1.96. The van der Waals surface area contributed by atoms with Gasteiger partial charge < -0.3 is 5.32 Å². The Labute approximate surface area is 132 Å². The summed E-state index contributed by atoms with van der Waals surface area (Å²) in [7, 11) is 0. The third-order valence-corrected chi connectivity index (χ3v) is 4.53. The van der Waals surface area contributed by atoms with Gasteiger partial charge in [0, 0.05) is 30.7 Å². The highest BCUT2D eigenvalue weighted by Gasteiger charge is 2.02. The van der Waals surface area contributed by atoms with Gasteiger partial charge in [0.15, 0.2) is 0 Å². The Morgan fingerprint density at radius 1 is 1.05 bits per heavy atom. The summed E-state index contributed by atoms with van der Waals surface area (Å²) in [5, 5.41) is 4.61. The molecule has 4 heteroatoms. The van der Waals surface area contributed by atoms with E-state index in [0.29, 0.717) is 0 Å². The fourth-order valence-electron chi connectivity index (χ4n) is 2.29. The Bertz CT molecular complexity index is 529. The fourth-order valence-corrected chi connectivity index (χ4v) is 3.05.